The quantitative estimate of drug-likeness (QED) is 0.552. The van der Waals surface area contributed by atoms with E-state index in [0.29, 0.717) is 14.5 Å². The van der Waals surface area contributed by atoms with E-state index in [1.54, 1.807) is 35.0 Å². The zero-order valence-corrected chi connectivity index (χ0v) is 13.0. The molecule has 2 N–H and O–H groups in total. The second-order valence-corrected chi connectivity index (χ2v) is 6.18. The van der Waals surface area contributed by atoms with Crippen molar-refractivity contribution in [1.82, 2.24) is 4.57 Å². The van der Waals surface area contributed by atoms with Gasteiger partial charge in [-0.05, 0) is 48.6 Å². The standard InChI is InChI=1S/C16H12N2O2S2/c19-13-8-6-12(7-9-13)18-15(20)14(22-16(18)21)10-17-11-4-2-1-3-5-11/h1-10,19-20H. The molecular formula is C16H12N2O2S2. The first-order valence-electron chi connectivity index (χ1n) is 6.48. The lowest BCUT2D eigenvalue weighted by atomic mass is 10.3. The van der Waals surface area contributed by atoms with Crippen molar-refractivity contribution in [2.24, 2.45) is 4.99 Å². The van der Waals surface area contributed by atoms with E-state index >= 15 is 0 Å². The van der Waals surface area contributed by atoms with Crippen molar-refractivity contribution in [3.8, 4) is 17.3 Å². The minimum Gasteiger partial charge on any atom is -0.508 e. The van der Waals surface area contributed by atoms with Crippen LogP contribution < -0.4 is 0 Å². The van der Waals surface area contributed by atoms with Crippen molar-refractivity contribution in [3.05, 3.63) is 63.4 Å². The molecule has 3 rings (SSSR count). The van der Waals surface area contributed by atoms with Crippen LogP contribution in [0.1, 0.15) is 4.88 Å². The number of benzene rings is 2. The number of aromatic nitrogens is 1. The molecule has 4 nitrogen and oxygen atoms in total. The second kappa shape index (κ2) is 6.13. The maximum absolute atomic E-state index is 10.4. The van der Waals surface area contributed by atoms with E-state index in [2.05, 4.69) is 4.99 Å². The summed E-state index contributed by atoms with van der Waals surface area (Å²) < 4.78 is 2.06. The Morgan fingerprint density at radius 2 is 1.68 bits per heavy atom. The Bertz CT molecular complexity index is 865. The van der Waals surface area contributed by atoms with Crippen LogP contribution in [0, 0.1) is 3.95 Å². The fourth-order valence-corrected chi connectivity index (χ4v) is 3.16. The molecule has 6 heteroatoms. The Morgan fingerprint density at radius 1 is 1.00 bits per heavy atom. The largest absolute Gasteiger partial charge is 0.508 e. The number of nitrogens with zero attached hydrogens (tertiary/aromatic N) is 2. The first-order valence-corrected chi connectivity index (χ1v) is 7.71. The Labute approximate surface area is 136 Å². The zero-order valence-electron chi connectivity index (χ0n) is 11.4. The molecule has 1 heterocycles. The van der Waals surface area contributed by atoms with Crippen LogP contribution in [-0.2, 0) is 0 Å². The van der Waals surface area contributed by atoms with Gasteiger partial charge in [-0.25, -0.2) is 0 Å². The van der Waals surface area contributed by atoms with Gasteiger partial charge in [-0.2, -0.15) is 0 Å². The lowest BCUT2D eigenvalue weighted by Crippen LogP contribution is -1.92. The molecule has 0 aliphatic heterocycles. The zero-order chi connectivity index (χ0) is 15.5. The summed E-state index contributed by atoms with van der Waals surface area (Å²) in [4.78, 5) is 4.91. The van der Waals surface area contributed by atoms with Gasteiger partial charge in [0.15, 0.2) is 3.95 Å². The van der Waals surface area contributed by atoms with Crippen LogP contribution in [0.4, 0.5) is 5.69 Å². The lowest BCUT2D eigenvalue weighted by molar-refractivity contribution is 0.441. The second-order valence-electron chi connectivity index (χ2n) is 4.50. The van der Waals surface area contributed by atoms with Crippen LogP contribution in [0.15, 0.2) is 59.6 Å². The highest BCUT2D eigenvalue weighted by molar-refractivity contribution is 7.73. The summed E-state index contributed by atoms with van der Waals surface area (Å²) in [7, 11) is 0. The fraction of sp³-hybridized carbons (Fsp3) is 0. The molecule has 1 aromatic heterocycles. The van der Waals surface area contributed by atoms with Crippen molar-refractivity contribution in [3.63, 3.8) is 0 Å². The number of aromatic hydroxyl groups is 2. The Balaban J connectivity index is 1.99. The van der Waals surface area contributed by atoms with E-state index < -0.39 is 0 Å². The SMILES string of the molecule is Oc1ccc(-n2c(O)c(C=Nc3ccccc3)sc2=S)cc1. The number of rotatable bonds is 3. The molecule has 0 aliphatic carbocycles. The van der Waals surface area contributed by atoms with E-state index in [4.69, 9.17) is 12.2 Å². The number of phenols is 1. The van der Waals surface area contributed by atoms with Crippen LogP contribution in [0.3, 0.4) is 0 Å². The average molecular weight is 328 g/mol. The van der Waals surface area contributed by atoms with Gasteiger partial charge in [0.05, 0.1) is 17.6 Å². The van der Waals surface area contributed by atoms with Gasteiger partial charge in [0.25, 0.3) is 0 Å². The summed E-state index contributed by atoms with van der Waals surface area (Å²) in [5.41, 5.74) is 1.49. The molecular weight excluding hydrogens is 316 g/mol. The molecule has 0 saturated carbocycles. The Morgan fingerprint density at radius 3 is 2.36 bits per heavy atom. The van der Waals surface area contributed by atoms with Crippen molar-refractivity contribution in [2.75, 3.05) is 0 Å². The van der Waals surface area contributed by atoms with Gasteiger partial charge >= 0.3 is 0 Å². The molecule has 22 heavy (non-hydrogen) atoms. The van der Waals surface area contributed by atoms with Crippen LogP contribution in [0.2, 0.25) is 0 Å². The predicted octanol–water partition coefficient (Wildman–Crippen LogP) is 4.43. The number of para-hydroxylation sites is 1. The molecule has 0 saturated heterocycles. The summed E-state index contributed by atoms with van der Waals surface area (Å²) in [6.07, 6.45) is 1.60. The molecule has 2 aromatic carbocycles. The number of aliphatic imine (C=N–C) groups is 1. The van der Waals surface area contributed by atoms with Gasteiger partial charge in [0.1, 0.15) is 10.6 Å². The molecule has 0 aliphatic rings. The Hall–Kier alpha value is -2.44. The normalized spacial score (nSPS) is 11.1. The molecule has 3 aromatic rings. The monoisotopic (exact) mass is 328 g/mol. The number of hydrogen-bond acceptors (Lipinski definition) is 5. The van der Waals surface area contributed by atoms with Crippen molar-refractivity contribution in [2.45, 2.75) is 0 Å². The fourth-order valence-electron chi connectivity index (χ4n) is 1.94. The molecule has 110 valence electrons. The average Bonchev–Trinajstić information content (AvgIpc) is 2.82. The van der Waals surface area contributed by atoms with Crippen LogP contribution >= 0.6 is 23.6 Å². The number of thiazole rings is 1. The number of phenolic OH excluding ortho intramolecular Hbond substituents is 1. The highest BCUT2D eigenvalue weighted by Crippen LogP contribution is 2.29. The van der Waals surface area contributed by atoms with Crippen molar-refractivity contribution >= 4 is 35.5 Å². The van der Waals surface area contributed by atoms with E-state index in [9.17, 15) is 10.2 Å². The van der Waals surface area contributed by atoms with Gasteiger partial charge in [-0.3, -0.25) is 9.56 Å². The highest BCUT2D eigenvalue weighted by Gasteiger charge is 2.11. The third-order valence-corrected chi connectivity index (χ3v) is 4.30. The van der Waals surface area contributed by atoms with Gasteiger partial charge in [-0.15, -0.1) is 0 Å². The summed E-state index contributed by atoms with van der Waals surface area (Å²) in [6, 6.07) is 15.9. The van der Waals surface area contributed by atoms with Crippen molar-refractivity contribution in [1.29, 1.82) is 0 Å². The summed E-state index contributed by atoms with van der Waals surface area (Å²) in [6.45, 7) is 0. The van der Waals surface area contributed by atoms with E-state index in [-0.39, 0.29) is 11.6 Å². The van der Waals surface area contributed by atoms with Gasteiger partial charge < -0.3 is 10.2 Å². The highest BCUT2D eigenvalue weighted by atomic mass is 32.1. The molecule has 0 bridgehead atoms. The van der Waals surface area contributed by atoms with E-state index in [1.807, 2.05) is 30.3 Å². The smallest absolute Gasteiger partial charge is 0.216 e. The summed E-state index contributed by atoms with van der Waals surface area (Å²) in [5.74, 6) is 0.205. The summed E-state index contributed by atoms with van der Waals surface area (Å²) in [5, 5.41) is 19.7. The predicted molar refractivity (Wildman–Crippen MR) is 91.5 cm³/mol. The van der Waals surface area contributed by atoms with Crippen molar-refractivity contribution < 1.29 is 10.2 Å². The van der Waals surface area contributed by atoms with Crippen LogP contribution in [-0.4, -0.2) is 21.0 Å². The first-order chi connectivity index (χ1) is 10.6. The third kappa shape index (κ3) is 2.93. The lowest BCUT2D eigenvalue weighted by Gasteiger charge is -2.04. The van der Waals surface area contributed by atoms with Crippen LogP contribution in [0.5, 0.6) is 11.6 Å². The molecule has 0 unspecified atom stereocenters. The van der Waals surface area contributed by atoms with Crippen LogP contribution in [0.25, 0.3) is 5.69 Å². The molecule has 0 fully saturated rings. The third-order valence-electron chi connectivity index (χ3n) is 3.01. The van der Waals surface area contributed by atoms with Gasteiger partial charge in [0, 0.05) is 0 Å². The number of hydrogen-bond donors (Lipinski definition) is 2. The topological polar surface area (TPSA) is 57.8 Å². The van der Waals surface area contributed by atoms with Gasteiger partial charge in [-0.1, -0.05) is 29.5 Å². The minimum atomic E-state index is 0.0420. The molecule has 0 spiro atoms. The molecule has 0 amide bonds. The maximum atomic E-state index is 10.4. The van der Waals surface area contributed by atoms with Gasteiger partial charge in [0.2, 0.25) is 5.88 Å². The molecule has 0 radical (unpaired) electrons. The first kappa shape index (κ1) is 14.5. The van der Waals surface area contributed by atoms with E-state index in [1.165, 1.54) is 11.3 Å². The van der Waals surface area contributed by atoms with E-state index in [0.717, 1.165) is 5.69 Å². The Kier molecular flexibility index (Phi) is 4.04. The maximum Gasteiger partial charge on any atom is 0.216 e. The molecule has 0 atom stereocenters. The minimum absolute atomic E-state index is 0.0420. The summed E-state index contributed by atoms with van der Waals surface area (Å²) >= 11 is 6.58.